The fraction of sp³-hybridized carbons (Fsp3) is 0.190. The Morgan fingerprint density at radius 1 is 1.17 bits per heavy atom. The van der Waals surface area contributed by atoms with Crippen molar-refractivity contribution < 1.29 is 23.8 Å². The third kappa shape index (κ3) is 6.59. The van der Waals surface area contributed by atoms with Gasteiger partial charge in [-0.05, 0) is 66.7 Å². The number of thiocyanates is 1. The Labute approximate surface area is 173 Å². The number of thioether (sulfide) groups is 1. The predicted octanol–water partition coefficient (Wildman–Crippen LogP) is 3.78. The highest BCUT2D eigenvalue weighted by Gasteiger charge is 2.09. The minimum atomic E-state index is -0.664. The summed E-state index contributed by atoms with van der Waals surface area (Å²) in [5.74, 6) is 0.0610. The molecule has 2 aromatic rings. The standard InChI is InChI=1S/C21H20N2O5S/c1-14-10-17(29-13-22)6-7-18(14)23-20(24)12-28-21(25)9-4-15-11-16(26-2)5-8-19(15)27-3/h4-11H,12H2,1-3H3,(H,23,24)/b9-4+. The van der Waals surface area contributed by atoms with E-state index in [2.05, 4.69) is 5.32 Å². The van der Waals surface area contributed by atoms with Gasteiger partial charge in [0.2, 0.25) is 0 Å². The maximum Gasteiger partial charge on any atom is 0.331 e. The first-order chi connectivity index (χ1) is 14.0. The van der Waals surface area contributed by atoms with Crippen LogP contribution in [0.2, 0.25) is 0 Å². The number of carbonyl (C=O) groups is 2. The summed E-state index contributed by atoms with van der Waals surface area (Å²) in [6.45, 7) is 1.39. The Hall–Kier alpha value is -3.44. The summed E-state index contributed by atoms with van der Waals surface area (Å²) in [5, 5.41) is 13.4. The van der Waals surface area contributed by atoms with Gasteiger partial charge in [0.15, 0.2) is 6.61 Å². The number of nitriles is 1. The van der Waals surface area contributed by atoms with E-state index in [1.807, 2.05) is 12.3 Å². The van der Waals surface area contributed by atoms with E-state index in [1.54, 1.807) is 43.5 Å². The molecule has 0 radical (unpaired) electrons. The zero-order valence-electron chi connectivity index (χ0n) is 16.2. The SMILES string of the molecule is COc1ccc(OC)c(/C=C/C(=O)OCC(=O)Nc2ccc(SC#N)cc2C)c1. The third-order valence-electron chi connectivity index (χ3n) is 3.82. The molecule has 2 rings (SSSR count). The number of amides is 1. The van der Waals surface area contributed by atoms with Crippen LogP contribution in [0.15, 0.2) is 47.4 Å². The Morgan fingerprint density at radius 2 is 1.97 bits per heavy atom. The van der Waals surface area contributed by atoms with E-state index in [9.17, 15) is 9.59 Å². The topological polar surface area (TPSA) is 97.7 Å². The number of aryl methyl sites for hydroxylation is 1. The summed E-state index contributed by atoms with van der Waals surface area (Å²) < 4.78 is 15.4. The van der Waals surface area contributed by atoms with Crippen molar-refractivity contribution in [2.75, 3.05) is 26.1 Å². The molecule has 8 heteroatoms. The minimum absolute atomic E-state index is 0.424. The van der Waals surface area contributed by atoms with Crippen LogP contribution in [0.5, 0.6) is 11.5 Å². The molecule has 29 heavy (non-hydrogen) atoms. The van der Waals surface area contributed by atoms with E-state index in [4.69, 9.17) is 19.5 Å². The Bertz CT molecular complexity index is 966. The van der Waals surface area contributed by atoms with E-state index < -0.39 is 18.5 Å². The molecule has 0 saturated heterocycles. The summed E-state index contributed by atoms with van der Waals surface area (Å²) >= 11 is 1.04. The molecule has 0 atom stereocenters. The minimum Gasteiger partial charge on any atom is -0.497 e. The molecule has 0 unspecified atom stereocenters. The molecule has 1 amide bonds. The lowest BCUT2D eigenvalue weighted by molar-refractivity contribution is -0.142. The lowest BCUT2D eigenvalue weighted by atomic mass is 10.1. The predicted molar refractivity (Wildman–Crippen MR) is 111 cm³/mol. The van der Waals surface area contributed by atoms with Crippen molar-refractivity contribution >= 4 is 35.4 Å². The second-order valence-corrected chi connectivity index (χ2v) is 6.63. The van der Waals surface area contributed by atoms with Gasteiger partial charge in [-0.25, -0.2) is 4.79 Å². The van der Waals surface area contributed by atoms with Gasteiger partial charge in [-0.3, -0.25) is 4.79 Å². The van der Waals surface area contributed by atoms with Crippen LogP contribution in [-0.2, 0) is 14.3 Å². The number of nitrogens with zero attached hydrogens (tertiary/aromatic N) is 1. The lowest BCUT2D eigenvalue weighted by Gasteiger charge is -2.09. The molecule has 0 aliphatic carbocycles. The molecule has 0 saturated carbocycles. The van der Waals surface area contributed by atoms with Crippen molar-refractivity contribution in [3.05, 3.63) is 53.6 Å². The second-order valence-electron chi connectivity index (χ2n) is 5.77. The molecule has 1 N–H and O–H groups in total. The average molecular weight is 412 g/mol. The number of hydrogen-bond acceptors (Lipinski definition) is 7. The highest BCUT2D eigenvalue weighted by atomic mass is 32.2. The molecule has 0 bridgehead atoms. The van der Waals surface area contributed by atoms with Gasteiger partial charge in [0.05, 0.1) is 14.2 Å². The van der Waals surface area contributed by atoms with Crippen LogP contribution < -0.4 is 14.8 Å². The molecule has 0 heterocycles. The fourth-order valence-corrected chi connectivity index (χ4v) is 2.87. The van der Waals surface area contributed by atoms with E-state index in [-0.39, 0.29) is 0 Å². The summed E-state index contributed by atoms with van der Waals surface area (Å²) in [5.41, 5.74) is 2.03. The largest absolute Gasteiger partial charge is 0.497 e. The molecule has 0 aliphatic rings. The number of anilines is 1. The Morgan fingerprint density at radius 3 is 2.62 bits per heavy atom. The number of carbonyl (C=O) groups excluding carboxylic acids is 2. The first-order valence-corrected chi connectivity index (χ1v) is 9.31. The number of ether oxygens (including phenoxy) is 3. The van der Waals surface area contributed by atoms with Crippen molar-refractivity contribution in [3.8, 4) is 16.9 Å². The molecule has 2 aromatic carbocycles. The normalized spacial score (nSPS) is 10.3. The number of benzene rings is 2. The van der Waals surface area contributed by atoms with Gasteiger partial charge in [0.1, 0.15) is 16.9 Å². The number of hydrogen-bond donors (Lipinski definition) is 1. The maximum absolute atomic E-state index is 12.0. The summed E-state index contributed by atoms with van der Waals surface area (Å²) in [4.78, 5) is 24.7. The number of methoxy groups -OCH3 is 2. The van der Waals surface area contributed by atoms with Crippen molar-refractivity contribution in [1.29, 1.82) is 5.26 Å². The van der Waals surface area contributed by atoms with Gasteiger partial charge in [-0.15, -0.1) is 0 Å². The van der Waals surface area contributed by atoms with Gasteiger partial charge in [-0.2, -0.15) is 5.26 Å². The molecule has 7 nitrogen and oxygen atoms in total. The molecular weight excluding hydrogens is 392 g/mol. The third-order valence-corrected chi connectivity index (χ3v) is 4.40. The lowest BCUT2D eigenvalue weighted by Crippen LogP contribution is -2.20. The summed E-state index contributed by atoms with van der Waals surface area (Å²) in [6.07, 6.45) is 2.74. The van der Waals surface area contributed by atoms with E-state index in [0.29, 0.717) is 22.7 Å². The van der Waals surface area contributed by atoms with Crippen LogP contribution in [-0.4, -0.2) is 32.7 Å². The van der Waals surface area contributed by atoms with Crippen molar-refractivity contribution in [2.45, 2.75) is 11.8 Å². The van der Waals surface area contributed by atoms with Gasteiger partial charge >= 0.3 is 5.97 Å². The number of esters is 1. The monoisotopic (exact) mass is 412 g/mol. The second kappa shape index (κ2) is 10.8. The average Bonchev–Trinajstić information content (AvgIpc) is 2.72. The van der Waals surface area contributed by atoms with Crippen LogP contribution in [0.4, 0.5) is 5.69 Å². The molecule has 0 aromatic heterocycles. The zero-order chi connectivity index (χ0) is 21.2. The first kappa shape index (κ1) is 21.9. The van der Waals surface area contributed by atoms with E-state index in [0.717, 1.165) is 22.2 Å². The van der Waals surface area contributed by atoms with Crippen molar-refractivity contribution in [1.82, 2.24) is 0 Å². The number of rotatable bonds is 8. The van der Waals surface area contributed by atoms with Crippen LogP contribution in [0.25, 0.3) is 6.08 Å². The van der Waals surface area contributed by atoms with Gasteiger partial charge < -0.3 is 19.5 Å². The molecule has 0 fully saturated rings. The van der Waals surface area contributed by atoms with Gasteiger partial charge in [-0.1, -0.05) is 0 Å². The first-order valence-electron chi connectivity index (χ1n) is 8.50. The van der Waals surface area contributed by atoms with Crippen LogP contribution in [0, 0.1) is 17.6 Å². The Kier molecular flexibility index (Phi) is 8.12. The summed E-state index contributed by atoms with van der Waals surface area (Å²) in [6, 6.07) is 10.4. The maximum atomic E-state index is 12.0. The quantitative estimate of drug-likeness (QED) is 0.305. The van der Waals surface area contributed by atoms with E-state index >= 15 is 0 Å². The van der Waals surface area contributed by atoms with Gasteiger partial charge in [0, 0.05) is 22.2 Å². The van der Waals surface area contributed by atoms with Crippen LogP contribution in [0.3, 0.4) is 0 Å². The Balaban J connectivity index is 1.91. The highest BCUT2D eigenvalue weighted by molar-refractivity contribution is 8.03. The highest BCUT2D eigenvalue weighted by Crippen LogP contribution is 2.25. The molecular formula is C21H20N2O5S. The molecule has 150 valence electrons. The summed E-state index contributed by atoms with van der Waals surface area (Å²) in [7, 11) is 3.06. The van der Waals surface area contributed by atoms with Crippen molar-refractivity contribution in [3.63, 3.8) is 0 Å². The molecule has 0 aliphatic heterocycles. The van der Waals surface area contributed by atoms with Gasteiger partial charge in [0.25, 0.3) is 5.91 Å². The van der Waals surface area contributed by atoms with Crippen LogP contribution >= 0.6 is 11.8 Å². The van der Waals surface area contributed by atoms with Crippen LogP contribution in [0.1, 0.15) is 11.1 Å². The van der Waals surface area contributed by atoms with E-state index in [1.165, 1.54) is 19.3 Å². The smallest absolute Gasteiger partial charge is 0.331 e. The van der Waals surface area contributed by atoms with Crippen molar-refractivity contribution in [2.24, 2.45) is 0 Å². The zero-order valence-corrected chi connectivity index (χ0v) is 17.0. The number of nitrogens with one attached hydrogen (secondary N) is 1. The fourth-order valence-electron chi connectivity index (χ4n) is 2.39. The molecule has 0 spiro atoms.